The summed E-state index contributed by atoms with van der Waals surface area (Å²) in [6.07, 6.45) is 5.83. The average Bonchev–Trinajstić information content (AvgIpc) is 3.01. The van der Waals surface area contributed by atoms with E-state index >= 15 is 0 Å². The van der Waals surface area contributed by atoms with Crippen molar-refractivity contribution >= 4 is 21.4 Å². The fraction of sp³-hybridized carbons (Fsp3) is 0.579. The molecule has 0 radical (unpaired) electrons. The third-order valence-electron chi connectivity index (χ3n) is 5.32. The first-order valence-corrected chi connectivity index (χ1v) is 11.1. The SMILES string of the molecule is N#Cc1ccc(NCC(=O)N(C2CCCCC2)[C@H]2CCS(=O)(=O)C2)cc1. The van der Waals surface area contributed by atoms with Crippen LogP contribution in [-0.2, 0) is 14.6 Å². The monoisotopic (exact) mass is 375 g/mol. The maximum Gasteiger partial charge on any atom is 0.242 e. The summed E-state index contributed by atoms with van der Waals surface area (Å²) in [7, 11) is -3.03. The molecule has 1 aliphatic carbocycles. The average molecular weight is 375 g/mol. The molecule has 1 N–H and O–H groups in total. The summed E-state index contributed by atoms with van der Waals surface area (Å²) < 4.78 is 23.8. The van der Waals surface area contributed by atoms with E-state index in [4.69, 9.17) is 5.26 Å². The molecule has 1 aromatic rings. The van der Waals surface area contributed by atoms with Crippen molar-refractivity contribution in [3.63, 3.8) is 0 Å². The first-order valence-electron chi connectivity index (χ1n) is 9.24. The van der Waals surface area contributed by atoms with Crippen LogP contribution >= 0.6 is 0 Å². The standard InChI is InChI=1S/C19H25N3O3S/c20-12-15-6-8-16(9-7-15)21-13-19(23)22(17-4-2-1-3-5-17)18-10-11-26(24,25)14-18/h6-9,17-18,21H,1-5,10-11,13-14H2/t18-/m0/s1. The molecule has 140 valence electrons. The smallest absolute Gasteiger partial charge is 0.242 e. The Hall–Kier alpha value is -2.07. The molecule has 1 amide bonds. The highest BCUT2D eigenvalue weighted by atomic mass is 32.2. The van der Waals surface area contributed by atoms with Gasteiger partial charge in [-0.05, 0) is 43.5 Å². The molecule has 6 nitrogen and oxygen atoms in total. The zero-order valence-corrected chi connectivity index (χ0v) is 15.7. The Morgan fingerprint density at radius 3 is 2.38 bits per heavy atom. The highest BCUT2D eigenvalue weighted by molar-refractivity contribution is 7.91. The largest absolute Gasteiger partial charge is 0.376 e. The molecule has 2 fully saturated rings. The summed E-state index contributed by atoms with van der Waals surface area (Å²) in [5.74, 6) is 0.229. The van der Waals surface area contributed by atoms with Crippen LogP contribution in [0.5, 0.6) is 0 Å². The number of carbonyl (C=O) groups excluding carboxylic acids is 1. The molecule has 1 aromatic carbocycles. The summed E-state index contributed by atoms with van der Waals surface area (Å²) in [5, 5.41) is 12.0. The maximum absolute atomic E-state index is 13.0. The third-order valence-corrected chi connectivity index (χ3v) is 7.07. The van der Waals surface area contributed by atoms with Gasteiger partial charge in [-0.25, -0.2) is 8.42 Å². The molecule has 7 heteroatoms. The van der Waals surface area contributed by atoms with Gasteiger partial charge in [0.05, 0.1) is 29.7 Å². The van der Waals surface area contributed by atoms with Gasteiger partial charge in [-0.15, -0.1) is 0 Å². The molecule has 2 aliphatic rings. The van der Waals surface area contributed by atoms with Gasteiger partial charge in [-0.1, -0.05) is 19.3 Å². The molecule has 1 saturated heterocycles. The number of benzene rings is 1. The van der Waals surface area contributed by atoms with Gasteiger partial charge in [0.2, 0.25) is 5.91 Å². The maximum atomic E-state index is 13.0. The van der Waals surface area contributed by atoms with E-state index in [9.17, 15) is 13.2 Å². The van der Waals surface area contributed by atoms with Crippen molar-refractivity contribution in [2.45, 2.75) is 50.6 Å². The Kier molecular flexibility index (Phi) is 5.82. The highest BCUT2D eigenvalue weighted by Gasteiger charge is 2.38. The zero-order chi connectivity index (χ0) is 18.6. The molecule has 26 heavy (non-hydrogen) atoms. The van der Waals surface area contributed by atoms with Gasteiger partial charge < -0.3 is 10.2 Å². The van der Waals surface area contributed by atoms with E-state index in [0.717, 1.165) is 31.4 Å². The molecular weight excluding hydrogens is 350 g/mol. The van der Waals surface area contributed by atoms with Crippen LogP contribution in [0.2, 0.25) is 0 Å². The molecule has 1 atom stereocenters. The number of sulfone groups is 1. The lowest BCUT2D eigenvalue weighted by molar-refractivity contribution is -0.134. The van der Waals surface area contributed by atoms with Gasteiger partial charge in [0, 0.05) is 17.8 Å². The molecule has 0 unspecified atom stereocenters. The first kappa shape index (κ1) is 18.7. The van der Waals surface area contributed by atoms with Crippen LogP contribution in [0.3, 0.4) is 0 Å². The molecule has 1 aliphatic heterocycles. The van der Waals surface area contributed by atoms with Crippen molar-refractivity contribution < 1.29 is 13.2 Å². The van der Waals surface area contributed by atoms with Gasteiger partial charge in [0.15, 0.2) is 9.84 Å². The second kappa shape index (κ2) is 8.09. The lowest BCUT2D eigenvalue weighted by atomic mass is 9.93. The minimum absolute atomic E-state index is 0.0386. The molecule has 1 saturated carbocycles. The summed E-state index contributed by atoms with van der Waals surface area (Å²) >= 11 is 0. The second-order valence-electron chi connectivity index (χ2n) is 7.19. The molecule has 1 heterocycles. The minimum atomic E-state index is -3.03. The molecular formula is C19H25N3O3S. The van der Waals surface area contributed by atoms with E-state index < -0.39 is 9.84 Å². The lowest BCUT2D eigenvalue weighted by Crippen LogP contribution is -2.50. The van der Waals surface area contributed by atoms with E-state index in [0.29, 0.717) is 12.0 Å². The predicted molar refractivity (Wildman–Crippen MR) is 100 cm³/mol. The number of carbonyl (C=O) groups is 1. The van der Waals surface area contributed by atoms with Gasteiger partial charge in [-0.3, -0.25) is 4.79 Å². The van der Waals surface area contributed by atoms with Gasteiger partial charge >= 0.3 is 0 Å². The zero-order valence-electron chi connectivity index (χ0n) is 14.9. The van der Waals surface area contributed by atoms with Crippen molar-refractivity contribution in [2.24, 2.45) is 0 Å². The van der Waals surface area contributed by atoms with Crippen LogP contribution in [0, 0.1) is 11.3 Å². The number of rotatable bonds is 5. The number of hydrogen-bond donors (Lipinski definition) is 1. The van der Waals surface area contributed by atoms with Crippen LogP contribution < -0.4 is 5.32 Å². The highest BCUT2D eigenvalue weighted by Crippen LogP contribution is 2.28. The van der Waals surface area contributed by atoms with E-state index in [-0.39, 0.29) is 36.0 Å². The van der Waals surface area contributed by atoms with Crippen LogP contribution in [-0.4, -0.2) is 49.4 Å². The van der Waals surface area contributed by atoms with E-state index in [1.165, 1.54) is 6.42 Å². The van der Waals surface area contributed by atoms with Crippen molar-refractivity contribution in [2.75, 3.05) is 23.4 Å². The Morgan fingerprint density at radius 2 is 1.81 bits per heavy atom. The minimum Gasteiger partial charge on any atom is -0.376 e. The fourth-order valence-electron chi connectivity index (χ4n) is 3.99. The van der Waals surface area contributed by atoms with Gasteiger partial charge in [0.1, 0.15) is 0 Å². The van der Waals surface area contributed by atoms with Crippen LogP contribution in [0.1, 0.15) is 44.1 Å². The summed E-state index contributed by atoms with van der Waals surface area (Å²) in [4.78, 5) is 14.8. The van der Waals surface area contributed by atoms with Crippen molar-refractivity contribution in [3.05, 3.63) is 29.8 Å². The lowest BCUT2D eigenvalue weighted by Gasteiger charge is -2.38. The van der Waals surface area contributed by atoms with Crippen LogP contribution in [0.25, 0.3) is 0 Å². The molecule has 3 rings (SSSR count). The Labute approximate surface area is 155 Å². The topological polar surface area (TPSA) is 90.3 Å². The fourth-order valence-corrected chi connectivity index (χ4v) is 5.70. The number of hydrogen-bond acceptors (Lipinski definition) is 5. The van der Waals surface area contributed by atoms with Crippen LogP contribution in [0.15, 0.2) is 24.3 Å². The normalized spacial score (nSPS) is 22.5. The van der Waals surface area contributed by atoms with E-state index in [1.54, 1.807) is 24.3 Å². The molecule has 0 spiro atoms. The predicted octanol–water partition coefficient (Wildman–Crippen LogP) is 2.32. The first-order chi connectivity index (χ1) is 12.5. The summed E-state index contributed by atoms with van der Waals surface area (Å²) in [5.41, 5.74) is 1.35. The van der Waals surface area contributed by atoms with E-state index in [2.05, 4.69) is 11.4 Å². The quantitative estimate of drug-likeness (QED) is 0.853. The molecule has 0 aromatic heterocycles. The van der Waals surface area contributed by atoms with E-state index in [1.807, 2.05) is 4.90 Å². The Morgan fingerprint density at radius 1 is 1.12 bits per heavy atom. The molecule has 0 bridgehead atoms. The number of nitrogens with zero attached hydrogens (tertiary/aromatic N) is 2. The van der Waals surface area contributed by atoms with Crippen molar-refractivity contribution in [1.29, 1.82) is 5.26 Å². The third kappa shape index (κ3) is 4.55. The summed E-state index contributed by atoms with van der Waals surface area (Å²) in [6, 6.07) is 8.98. The Bertz CT molecular complexity index is 777. The Balaban J connectivity index is 1.68. The second-order valence-corrected chi connectivity index (χ2v) is 9.42. The van der Waals surface area contributed by atoms with Crippen molar-refractivity contribution in [1.82, 2.24) is 4.90 Å². The van der Waals surface area contributed by atoms with Crippen LogP contribution in [0.4, 0.5) is 5.69 Å². The van der Waals surface area contributed by atoms with Crippen molar-refractivity contribution in [3.8, 4) is 6.07 Å². The number of amides is 1. The number of anilines is 1. The van der Waals surface area contributed by atoms with Gasteiger partial charge in [-0.2, -0.15) is 5.26 Å². The van der Waals surface area contributed by atoms with Gasteiger partial charge in [0.25, 0.3) is 0 Å². The number of nitrogens with one attached hydrogen (secondary N) is 1. The summed E-state index contributed by atoms with van der Waals surface area (Å²) in [6.45, 7) is 0.138. The number of nitriles is 1.